The molecule has 2 aromatic carbocycles. The number of rotatable bonds is 9. The van der Waals surface area contributed by atoms with Gasteiger partial charge in [-0.2, -0.15) is 4.98 Å². The van der Waals surface area contributed by atoms with E-state index in [2.05, 4.69) is 10.3 Å². The highest BCUT2D eigenvalue weighted by molar-refractivity contribution is 7.91. The maximum Gasteiger partial charge on any atom is 0.240 e. The van der Waals surface area contributed by atoms with Gasteiger partial charge in [-0.1, -0.05) is 12.1 Å². The molecule has 33 heavy (non-hydrogen) atoms. The summed E-state index contributed by atoms with van der Waals surface area (Å²) in [6, 6.07) is 13.8. The van der Waals surface area contributed by atoms with Gasteiger partial charge >= 0.3 is 0 Å². The summed E-state index contributed by atoms with van der Waals surface area (Å²) in [4.78, 5) is 4.88. The first-order chi connectivity index (χ1) is 15.9. The van der Waals surface area contributed by atoms with Gasteiger partial charge in [0.15, 0.2) is 11.5 Å². The van der Waals surface area contributed by atoms with Crippen molar-refractivity contribution in [1.29, 1.82) is 0 Å². The van der Waals surface area contributed by atoms with Crippen LogP contribution < -0.4 is 14.8 Å². The summed E-state index contributed by atoms with van der Waals surface area (Å²) in [6.45, 7) is 0.375. The summed E-state index contributed by atoms with van der Waals surface area (Å²) in [7, 11) is -0.908. The fraction of sp³-hybridized carbons (Fsp3) is 0.174. The molecule has 0 saturated heterocycles. The molecule has 4 aromatic rings. The number of nitrogens with zero attached hydrogens (tertiary/aromatic N) is 1. The van der Waals surface area contributed by atoms with Crippen LogP contribution in [0.1, 0.15) is 5.56 Å². The van der Waals surface area contributed by atoms with Crippen molar-refractivity contribution < 1.29 is 26.7 Å². The van der Waals surface area contributed by atoms with Gasteiger partial charge in [0.1, 0.15) is 5.82 Å². The number of sulfone groups is 1. The molecule has 0 radical (unpaired) electrons. The summed E-state index contributed by atoms with van der Waals surface area (Å²) in [5.41, 5.74) is 0.959. The fourth-order valence-corrected chi connectivity index (χ4v) is 5.12. The van der Waals surface area contributed by atoms with Crippen molar-refractivity contribution >= 4 is 27.1 Å². The molecule has 4 rings (SSSR count). The number of methoxy groups -OCH3 is 2. The van der Waals surface area contributed by atoms with Gasteiger partial charge in [0, 0.05) is 6.54 Å². The highest BCUT2D eigenvalue weighted by Crippen LogP contribution is 2.34. The third kappa shape index (κ3) is 4.86. The Kier molecular flexibility index (Phi) is 6.66. The highest BCUT2D eigenvalue weighted by atomic mass is 32.2. The Bertz CT molecular complexity index is 1330. The molecule has 0 unspecified atom stereocenters. The summed E-state index contributed by atoms with van der Waals surface area (Å²) < 4.78 is 56.1. The van der Waals surface area contributed by atoms with Crippen molar-refractivity contribution in [3.05, 3.63) is 71.4 Å². The van der Waals surface area contributed by atoms with E-state index in [0.717, 1.165) is 17.7 Å². The first-order valence-electron chi connectivity index (χ1n) is 9.92. The summed E-state index contributed by atoms with van der Waals surface area (Å²) in [5.74, 6) is 0.927. The number of halogens is 1. The molecule has 0 aliphatic heterocycles. The minimum absolute atomic E-state index is 0.0307. The second-order valence-electron chi connectivity index (χ2n) is 6.95. The van der Waals surface area contributed by atoms with E-state index in [4.69, 9.17) is 13.9 Å². The van der Waals surface area contributed by atoms with Gasteiger partial charge in [0.25, 0.3) is 0 Å². The maximum atomic E-state index is 13.3. The number of hydrogen-bond donors (Lipinski definition) is 1. The quantitative estimate of drug-likeness (QED) is 0.330. The highest BCUT2D eigenvalue weighted by Gasteiger charge is 2.28. The number of ether oxygens (including phenoxy) is 2. The Morgan fingerprint density at radius 2 is 1.82 bits per heavy atom. The average Bonchev–Trinajstić information content (AvgIpc) is 3.50. The molecule has 0 atom stereocenters. The Morgan fingerprint density at radius 3 is 2.48 bits per heavy atom. The molecule has 172 valence electrons. The van der Waals surface area contributed by atoms with Crippen molar-refractivity contribution in [3.63, 3.8) is 0 Å². The third-order valence-corrected chi connectivity index (χ3v) is 7.39. The van der Waals surface area contributed by atoms with E-state index in [0.29, 0.717) is 29.3 Å². The number of nitrogens with one attached hydrogen (secondary N) is 1. The van der Waals surface area contributed by atoms with E-state index in [-0.39, 0.29) is 21.7 Å². The fourth-order valence-electron chi connectivity index (χ4n) is 3.19. The molecular weight excluding hydrogens is 467 g/mol. The maximum absolute atomic E-state index is 13.3. The molecule has 7 nitrogen and oxygen atoms in total. The van der Waals surface area contributed by atoms with Gasteiger partial charge in [-0.3, -0.25) is 0 Å². The molecular formula is C23H21FN2O5S2. The van der Waals surface area contributed by atoms with Gasteiger partial charge < -0.3 is 19.2 Å². The summed E-state index contributed by atoms with van der Waals surface area (Å²) in [5, 5.41) is 4.65. The molecule has 1 N–H and O–H groups in total. The third-order valence-electron chi connectivity index (χ3n) is 4.85. The predicted octanol–water partition coefficient (Wildman–Crippen LogP) is 5.05. The lowest BCUT2D eigenvalue weighted by atomic mass is 10.1. The van der Waals surface area contributed by atoms with Gasteiger partial charge in [-0.05, 0) is 59.8 Å². The standard InChI is InChI=1S/C23H21FN2O5S2/c1-29-18-10-5-15(14-19(18)30-2)11-12-25-22-23(26-21(31-22)20-4-3-13-32-20)33(27,28)17-8-6-16(24)7-9-17/h3-10,13-14,25H,11-12H2,1-2H3. The van der Waals surface area contributed by atoms with Crippen molar-refractivity contribution in [2.24, 2.45) is 0 Å². The number of aromatic nitrogens is 1. The Labute approximate surface area is 194 Å². The smallest absolute Gasteiger partial charge is 0.240 e. The van der Waals surface area contributed by atoms with Crippen LogP contribution in [0.25, 0.3) is 10.8 Å². The largest absolute Gasteiger partial charge is 0.493 e. The number of anilines is 1. The second-order valence-corrected chi connectivity index (χ2v) is 9.77. The van der Waals surface area contributed by atoms with E-state index in [1.807, 2.05) is 29.6 Å². The van der Waals surface area contributed by atoms with Crippen LogP contribution in [0.2, 0.25) is 0 Å². The molecule has 0 amide bonds. The molecule has 0 spiro atoms. The Hall–Kier alpha value is -3.37. The molecule has 10 heteroatoms. The Balaban J connectivity index is 1.61. The minimum Gasteiger partial charge on any atom is -0.493 e. The normalized spacial score (nSPS) is 11.4. The number of hydrogen-bond acceptors (Lipinski definition) is 8. The molecule has 0 bridgehead atoms. The summed E-state index contributed by atoms with van der Waals surface area (Å²) in [6.07, 6.45) is 0.561. The number of oxazole rings is 1. The zero-order valence-electron chi connectivity index (χ0n) is 17.9. The van der Waals surface area contributed by atoms with Crippen LogP contribution in [0.15, 0.2) is 74.3 Å². The van der Waals surface area contributed by atoms with Gasteiger partial charge in [-0.25, -0.2) is 12.8 Å². The van der Waals surface area contributed by atoms with E-state index in [9.17, 15) is 12.8 Å². The van der Waals surface area contributed by atoms with E-state index < -0.39 is 15.7 Å². The van der Waals surface area contributed by atoms with Gasteiger partial charge in [-0.15, -0.1) is 11.3 Å². The molecule has 2 heterocycles. The average molecular weight is 489 g/mol. The van der Waals surface area contributed by atoms with Crippen LogP contribution in [0.4, 0.5) is 10.3 Å². The molecule has 0 fully saturated rings. The van der Waals surface area contributed by atoms with E-state index in [1.165, 1.54) is 23.5 Å². The zero-order valence-corrected chi connectivity index (χ0v) is 19.5. The van der Waals surface area contributed by atoms with Gasteiger partial charge in [0.2, 0.25) is 26.6 Å². The van der Waals surface area contributed by atoms with Crippen LogP contribution in [-0.2, 0) is 16.3 Å². The second kappa shape index (κ2) is 9.63. The van der Waals surface area contributed by atoms with Crippen molar-refractivity contribution in [3.8, 4) is 22.3 Å². The van der Waals surface area contributed by atoms with Crippen LogP contribution in [0, 0.1) is 5.82 Å². The van der Waals surface area contributed by atoms with Crippen molar-refractivity contribution in [1.82, 2.24) is 4.98 Å². The predicted molar refractivity (Wildman–Crippen MR) is 123 cm³/mol. The van der Waals surface area contributed by atoms with E-state index in [1.54, 1.807) is 20.3 Å². The molecule has 0 aliphatic rings. The van der Waals surface area contributed by atoms with Crippen molar-refractivity contribution in [2.45, 2.75) is 16.3 Å². The van der Waals surface area contributed by atoms with Crippen LogP contribution in [-0.4, -0.2) is 34.2 Å². The molecule has 0 saturated carbocycles. The molecule has 2 aromatic heterocycles. The first kappa shape index (κ1) is 22.8. The van der Waals surface area contributed by atoms with Gasteiger partial charge in [0.05, 0.1) is 24.0 Å². The number of thiophene rings is 1. The van der Waals surface area contributed by atoms with Crippen molar-refractivity contribution in [2.75, 3.05) is 26.1 Å². The lowest BCUT2D eigenvalue weighted by Gasteiger charge is -2.10. The zero-order chi connectivity index (χ0) is 23.4. The number of benzene rings is 2. The Morgan fingerprint density at radius 1 is 1.06 bits per heavy atom. The van der Waals surface area contributed by atoms with Crippen LogP contribution in [0.3, 0.4) is 0 Å². The molecule has 0 aliphatic carbocycles. The van der Waals surface area contributed by atoms with Crippen LogP contribution in [0.5, 0.6) is 11.5 Å². The lowest BCUT2D eigenvalue weighted by Crippen LogP contribution is -2.10. The summed E-state index contributed by atoms with van der Waals surface area (Å²) >= 11 is 1.38. The van der Waals surface area contributed by atoms with E-state index >= 15 is 0 Å². The van der Waals surface area contributed by atoms with Crippen LogP contribution >= 0.6 is 11.3 Å². The monoisotopic (exact) mass is 488 g/mol. The lowest BCUT2D eigenvalue weighted by molar-refractivity contribution is 0.354. The first-order valence-corrected chi connectivity index (χ1v) is 12.3. The SMILES string of the molecule is COc1ccc(CCNc2oc(-c3cccs3)nc2S(=O)(=O)c2ccc(F)cc2)cc1OC. The minimum atomic E-state index is -4.04. The topological polar surface area (TPSA) is 90.7 Å².